The van der Waals surface area contributed by atoms with Crippen molar-refractivity contribution in [3.63, 3.8) is 0 Å². The maximum atomic E-state index is 13.3. The number of halogens is 8. The first-order valence-electron chi connectivity index (χ1n) is 10.2. The smallest absolute Gasteiger partial charge is 0.349 e. The second-order valence-corrected chi connectivity index (χ2v) is 10.5. The fraction of sp³-hybridized carbons (Fsp3) is 0.619. The van der Waals surface area contributed by atoms with Crippen LogP contribution in [0.3, 0.4) is 0 Å². The Morgan fingerprint density at radius 1 is 1.09 bits per heavy atom. The molecule has 2 amide bonds. The second-order valence-electron chi connectivity index (χ2n) is 8.71. The van der Waals surface area contributed by atoms with Gasteiger partial charge >= 0.3 is 12.5 Å². The largest absolute Gasteiger partial charge is 0.484 e. The third-order valence-corrected chi connectivity index (χ3v) is 6.57. The van der Waals surface area contributed by atoms with Crippen LogP contribution in [0.25, 0.3) is 0 Å². The van der Waals surface area contributed by atoms with Crippen molar-refractivity contribution in [3.8, 4) is 0 Å². The summed E-state index contributed by atoms with van der Waals surface area (Å²) in [5, 5.41) is 3.45. The lowest BCUT2D eigenvalue weighted by atomic mass is 9.60. The molecule has 0 radical (unpaired) electrons. The summed E-state index contributed by atoms with van der Waals surface area (Å²) in [4.78, 5) is 21.9. The van der Waals surface area contributed by atoms with Gasteiger partial charge in [-0.05, 0) is 57.2 Å². The van der Waals surface area contributed by atoms with Gasteiger partial charge in [0.25, 0.3) is 0 Å². The Morgan fingerprint density at radius 2 is 1.61 bits per heavy atom. The molecule has 0 saturated heterocycles. The van der Waals surface area contributed by atoms with E-state index in [4.69, 9.17) is 11.6 Å². The zero-order valence-electron chi connectivity index (χ0n) is 17.8. The maximum Gasteiger partial charge on any atom is 0.484 e. The third kappa shape index (κ3) is 7.24. The lowest BCUT2D eigenvalue weighted by Crippen LogP contribution is -2.62. The Morgan fingerprint density at radius 3 is 1.97 bits per heavy atom. The second kappa shape index (κ2) is 10.0. The number of nitrogens with one attached hydrogen (secondary N) is 2. The molecule has 2 aliphatic carbocycles. The first-order chi connectivity index (χ1) is 15.0. The van der Waals surface area contributed by atoms with Gasteiger partial charge in [-0.2, -0.15) is 26.3 Å². The summed E-state index contributed by atoms with van der Waals surface area (Å²) >= 11 is 9.21. The van der Waals surface area contributed by atoms with E-state index in [2.05, 4.69) is 21.2 Å². The average molecular weight is 566 g/mol. The average Bonchev–Trinajstić information content (AvgIpc) is 2.56. The van der Waals surface area contributed by atoms with Gasteiger partial charge in [-0.15, -0.1) is 11.6 Å². The minimum absolute atomic E-state index is 0.399. The van der Waals surface area contributed by atoms with Crippen LogP contribution in [0.4, 0.5) is 26.3 Å². The number of carbonyl (C=O) groups is 2. The van der Waals surface area contributed by atoms with Crippen molar-refractivity contribution < 1.29 is 35.9 Å². The van der Waals surface area contributed by atoms with Crippen LogP contribution in [0.5, 0.6) is 0 Å². The van der Waals surface area contributed by atoms with Crippen LogP contribution < -0.4 is 10.6 Å². The van der Waals surface area contributed by atoms with Crippen molar-refractivity contribution in [1.29, 1.82) is 0 Å². The van der Waals surface area contributed by atoms with Crippen LogP contribution in [-0.4, -0.2) is 29.2 Å². The van der Waals surface area contributed by atoms with E-state index in [9.17, 15) is 35.9 Å². The summed E-state index contributed by atoms with van der Waals surface area (Å²) in [6, 6.07) is 6.54. The molecule has 2 N–H and O–H groups in total. The monoisotopic (exact) mass is 564 g/mol. The van der Waals surface area contributed by atoms with Gasteiger partial charge in [0.15, 0.2) is 0 Å². The fourth-order valence-corrected chi connectivity index (χ4v) is 4.50. The molecule has 1 aromatic rings. The Balaban J connectivity index is 0.000000294. The summed E-state index contributed by atoms with van der Waals surface area (Å²) in [7, 11) is 0. The molecule has 0 bridgehead atoms. The van der Waals surface area contributed by atoms with Gasteiger partial charge in [0, 0.05) is 15.3 Å². The summed E-state index contributed by atoms with van der Waals surface area (Å²) in [5.41, 5.74) is -1.64. The minimum atomic E-state index is -4.61. The lowest BCUT2D eigenvalue weighted by molar-refractivity contribution is -0.249. The van der Waals surface area contributed by atoms with E-state index in [0.717, 1.165) is 21.8 Å². The number of rotatable bonds is 4. The first-order valence-corrected chi connectivity index (χ1v) is 11.3. The molecule has 186 valence electrons. The van der Waals surface area contributed by atoms with Crippen molar-refractivity contribution >= 4 is 39.3 Å². The first kappa shape index (κ1) is 27.8. The standard InChI is InChI=1S/C15H16BrClF3NO.C6H8F3NO/c1-9(10-3-5-11(16)6-4-10)21-12(22)14(15(18,19)20)7-13(2,17)8-14;7-6(8,9)10-5(11)4-2-1-3-4/h3-6,9H,7-8H2,1-2H3,(H,21,22);4H,1-3H2,(H,10,11). The van der Waals surface area contributed by atoms with Crippen LogP contribution >= 0.6 is 27.5 Å². The number of carbonyl (C=O) groups excluding carboxylic acids is 2. The van der Waals surface area contributed by atoms with Gasteiger partial charge in [0.05, 0.1) is 6.04 Å². The van der Waals surface area contributed by atoms with Gasteiger partial charge in [0.1, 0.15) is 5.41 Å². The van der Waals surface area contributed by atoms with E-state index in [1.807, 2.05) is 0 Å². The van der Waals surface area contributed by atoms with Crippen molar-refractivity contribution in [2.45, 2.75) is 69.3 Å². The van der Waals surface area contributed by atoms with Gasteiger partial charge in [-0.25, -0.2) is 0 Å². The van der Waals surface area contributed by atoms with E-state index < -0.39 is 59.4 Å². The highest BCUT2D eigenvalue weighted by Crippen LogP contribution is 2.60. The summed E-state index contributed by atoms with van der Waals surface area (Å²) < 4.78 is 75.3. The molecule has 1 atom stereocenters. The number of benzene rings is 1. The molecular weight excluding hydrogens is 542 g/mol. The van der Waals surface area contributed by atoms with Gasteiger partial charge in [-0.3, -0.25) is 14.9 Å². The van der Waals surface area contributed by atoms with E-state index in [1.54, 1.807) is 31.2 Å². The summed E-state index contributed by atoms with van der Waals surface area (Å²) in [6.45, 7) is 3.17. The number of hydrogen-bond acceptors (Lipinski definition) is 2. The fourth-order valence-electron chi connectivity index (χ4n) is 3.78. The Bertz CT molecular complexity index is 846. The topological polar surface area (TPSA) is 58.2 Å². The van der Waals surface area contributed by atoms with E-state index in [0.29, 0.717) is 12.8 Å². The molecule has 2 aliphatic rings. The molecular formula is C21H24BrClF6N2O2. The molecule has 0 aliphatic heterocycles. The summed E-state index contributed by atoms with van der Waals surface area (Å²) in [6.07, 6.45) is -7.94. The van der Waals surface area contributed by atoms with Crippen molar-refractivity contribution in [1.82, 2.24) is 10.6 Å². The molecule has 3 rings (SSSR count). The molecule has 12 heteroatoms. The Kier molecular flexibility index (Phi) is 8.42. The SMILES string of the molecule is CC(NC(=O)C1(C(F)(F)F)CC(C)(Cl)C1)c1ccc(Br)cc1.O=C(NC(F)(F)F)C1CCC1. The van der Waals surface area contributed by atoms with E-state index in [-0.39, 0.29) is 0 Å². The number of alkyl halides is 7. The highest BCUT2D eigenvalue weighted by Gasteiger charge is 2.70. The molecule has 0 heterocycles. The van der Waals surface area contributed by atoms with Crippen LogP contribution in [0.15, 0.2) is 28.7 Å². The zero-order chi connectivity index (χ0) is 25.2. The zero-order valence-corrected chi connectivity index (χ0v) is 20.2. The van der Waals surface area contributed by atoms with Gasteiger partial charge < -0.3 is 5.32 Å². The molecule has 4 nitrogen and oxygen atoms in total. The lowest BCUT2D eigenvalue weighted by Gasteiger charge is -2.50. The predicted molar refractivity (Wildman–Crippen MR) is 114 cm³/mol. The molecule has 1 unspecified atom stereocenters. The molecule has 2 saturated carbocycles. The molecule has 0 aromatic heterocycles. The molecule has 33 heavy (non-hydrogen) atoms. The number of amides is 2. The highest BCUT2D eigenvalue weighted by molar-refractivity contribution is 9.10. The van der Waals surface area contributed by atoms with Gasteiger partial charge in [0.2, 0.25) is 11.8 Å². The minimum Gasteiger partial charge on any atom is -0.349 e. The quantitative estimate of drug-likeness (QED) is 0.253. The summed E-state index contributed by atoms with van der Waals surface area (Å²) in [5.74, 6) is -2.30. The maximum absolute atomic E-state index is 13.3. The molecule has 2 fully saturated rings. The van der Waals surface area contributed by atoms with Crippen molar-refractivity contribution in [3.05, 3.63) is 34.3 Å². The van der Waals surface area contributed by atoms with Crippen molar-refractivity contribution in [2.75, 3.05) is 0 Å². The van der Waals surface area contributed by atoms with Crippen molar-refractivity contribution in [2.24, 2.45) is 11.3 Å². The van der Waals surface area contributed by atoms with Crippen LogP contribution in [-0.2, 0) is 9.59 Å². The predicted octanol–water partition coefficient (Wildman–Crippen LogP) is 6.39. The third-order valence-electron chi connectivity index (χ3n) is 5.78. The van der Waals surface area contributed by atoms with E-state index in [1.165, 1.54) is 6.92 Å². The van der Waals surface area contributed by atoms with Crippen LogP contribution in [0.2, 0.25) is 0 Å². The van der Waals surface area contributed by atoms with E-state index >= 15 is 0 Å². The molecule has 1 aromatic carbocycles. The Hall–Kier alpha value is -1.49. The number of hydrogen-bond donors (Lipinski definition) is 2. The Labute approximate surface area is 200 Å². The normalized spacial score (nSPS) is 26.1. The van der Waals surface area contributed by atoms with Crippen LogP contribution in [0.1, 0.15) is 57.6 Å². The van der Waals surface area contributed by atoms with Gasteiger partial charge in [-0.1, -0.05) is 34.5 Å². The highest BCUT2D eigenvalue weighted by atomic mass is 79.9. The van der Waals surface area contributed by atoms with Crippen LogP contribution in [0, 0.1) is 11.3 Å². The molecule has 0 spiro atoms.